The van der Waals surface area contributed by atoms with Gasteiger partial charge in [0.15, 0.2) is 11.5 Å². The molecule has 20 heavy (non-hydrogen) atoms. The first-order valence-electron chi connectivity index (χ1n) is 6.52. The fourth-order valence-corrected chi connectivity index (χ4v) is 3.13. The van der Waals surface area contributed by atoms with E-state index in [-0.39, 0.29) is 18.2 Å². The number of phenols is 1. The van der Waals surface area contributed by atoms with Gasteiger partial charge in [0.2, 0.25) is 0 Å². The van der Waals surface area contributed by atoms with Crippen molar-refractivity contribution in [2.75, 3.05) is 13.7 Å². The Morgan fingerprint density at radius 2 is 2.30 bits per heavy atom. The number of rotatable bonds is 5. The molecule has 2 rings (SSSR count). The Hall–Kier alpha value is -1.27. The fourth-order valence-electron chi connectivity index (χ4n) is 2.64. The highest BCUT2D eigenvalue weighted by atomic mass is 79.9. The van der Waals surface area contributed by atoms with Gasteiger partial charge in [0.05, 0.1) is 18.0 Å². The minimum atomic E-state index is -0.758. The lowest BCUT2D eigenvalue weighted by molar-refractivity contribution is -0.138. The summed E-state index contributed by atoms with van der Waals surface area (Å²) < 4.78 is 5.71. The van der Waals surface area contributed by atoms with Crippen molar-refractivity contribution in [2.24, 2.45) is 0 Å². The Morgan fingerprint density at radius 1 is 1.55 bits per heavy atom. The Kier molecular flexibility index (Phi) is 4.88. The van der Waals surface area contributed by atoms with Gasteiger partial charge < -0.3 is 14.9 Å². The summed E-state index contributed by atoms with van der Waals surface area (Å²) in [5.41, 5.74) is 0.990. The van der Waals surface area contributed by atoms with Gasteiger partial charge in [-0.15, -0.1) is 0 Å². The van der Waals surface area contributed by atoms with Gasteiger partial charge in [0, 0.05) is 12.6 Å². The van der Waals surface area contributed by atoms with E-state index in [1.165, 1.54) is 7.11 Å². The van der Waals surface area contributed by atoms with Crippen LogP contribution in [0.5, 0.6) is 11.5 Å². The average Bonchev–Trinajstić information content (AvgIpc) is 2.80. The normalized spacial score (nSPS) is 19.2. The molecule has 1 saturated heterocycles. The van der Waals surface area contributed by atoms with Gasteiger partial charge in [-0.05, 0) is 53.0 Å². The molecule has 0 spiro atoms. The molecule has 5 nitrogen and oxygen atoms in total. The molecule has 110 valence electrons. The molecule has 0 aromatic heterocycles. The SMILES string of the molecule is COc1cc(CN2CCCC2CC(=O)O)cc(Br)c1O. The van der Waals surface area contributed by atoms with Gasteiger partial charge in [-0.2, -0.15) is 0 Å². The molecule has 1 fully saturated rings. The zero-order chi connectivity index (χ0) is 14.7. The van der Waals surface area contributed by atoms with Crippen LogP contribution in [0.2, 0.25) is 0 Å². The summed E-state index contributed by atoms with van der Waals surface area (Å²) >= 11 is 3.30. The molecule has 1 atom stereocenters. The smallest absolute Gasteiger partial charge is 0.304 e. The third kappa shape index (κ3) is 3.43. The molecular formula is C14H18BrNO4. The maximum atomic E-state index is 10.9. The molecule has 6 heteroatoms. The van der Waals surface area contributed by atoms with Crippen LogP contribution in [0, 0.1) is 0 Å². The van der Waals surface area contributed by atoms with Crippen LogP contribution in [-0.4, -0.2) is 40.8 Å². The number of carbonyl (C=O) groups is 1. The quantitative estimate of drug-likeness (QED) is 0.859. The number of nitrogens with zero attached hydrogens (tertiary/aromatic N) is 1. The number of likely N-dealkylation sites (tertiary alicyclic amines) is 1. The first-order valence-corrected chi connectivity index (χ1v) is 7.31. The lowest BCUT2D eigenvalue weighted by atomic mass is 10.1. The molecule has 0 amide bonds. The first-order chi connectivity index (χ1) is 9.51. The van der Waals surface area contributed by atoms with E-state index in [0.717, 1.165) is 24.9 Å². The number of hydrogen-bond donors (Lipinski definition) is 2. The highest BCUT2D eigenvalue weighted by Gasteiger charge is 2.26. The minimum absolute atomic E-state index is 0.0831. The maximum absolute atomic E-state index is 10.9. The average molecular weight is 344 g/mol. The molecular weight excluding hydrogens is 326 g/mol. The highest BCUT2D eigenvalue weighted by Crippen LogP contribution is 2.36. The first kappa shape index (κ1) is 15.1. The number of ether oxygens (including phenoxy) is 1. The molecule has 1 aliphatic rings. The predicted octanol–water partition coefficient (Wildman–Crippen LogP) is 2.60. The summed E-state index contributed by atoms with van der Waals surface area (Å²) in [6, 6.07) is 3.72. The van der Waals surface area contributed by atoms with Crippen molar-refractivity contribution in [2.45, 2.75) is 31.8 Å². The fraction of sp³-hybridized carbons (Fsp3) is 0.500. The topological polar surface area (TPSA) is 70.0 Å². The van der Waals surface area contributed by atoms with Crippen molar-refractivity contribution >= 4 is 21.9 Å². The van der Waals surface area contributed by atoms with Gasteiger partial charge in [-0.25, -0.2) is 0 Å². The number of carboxylic acids is 1. The van der Waals surface area contributed by atoms with Gasteiger partial charge in [-0.3, -0.25) is 9.69 Å². The Bertz CT molecular complexity index is 506. The van der Waals surface area contributed by atoms with Gasteiger partial charge in [-0.1, -0.05) is 0 Å². The van der Waals surface area contributed by atoms with Crippen molar-refractivity contribution in [1.82, 2.24) is 4.90 Å². The van der Waals surface area contributed by atoms with Crippen molar-refractivity contribution < 1.29 is 19.7 Å². The van der Waals surface area contributed by atoms with Crippen LogP contribution in [0.3, 0.4) is 0 Å². The van der Waals surface area contributed by atoms with E-state index in [1.54, 1.807) is 6.07 Å². The van der Waals surface area contributed by atoms with Crippen LogP contribution in [0.25, 0.3) is 0 Å². The highest BCUT2D eigenvalue weighted by molar-refractivity contribution is 9.10. The van der Waals surface area contributed by atoms with E-state index in [0.29, 0.717) is 16.8 Å². The third-order valence-corrected chi connectivity index (χ3v) is 4.21. The third-order valence-electron chi connectivity index (χ3n) is 3.60. The Labute approximate surface area is 126 Å². The summed E-state index contributed by atoms with van der Waals surface area (Å²) in [5.74, 6) is -0.255. The molecule has 0 radical (unpaired) electrons. The molecule has 2 N–H and O–H groups in total. The van der Waals surface area contributed by atoms with E-state index in [9.17, 15) is 9.90 Å². The van der Waals surface area contributed by atoms with E-state index in [4.69, 9.17) is 9.84 Å². The number of aromatic hydroxyl groups is 1. The van der Waals surface area contributed by atoms with Gasteiger partial charge in [0.25, 0.3) is 0 Å². The number of carboxylic acid groups (broad SMARTS) is 1. The molecule has 1 heterocycles. The molecule has 1 aromatic carbocycles. The standard InChI is InChI=1S/C14H18BrNO4/c1-20-12-6-9(5-11(15)14(12)19)8-16-4-2-3-10(16)7-13(17)18/h5-6,10,19H,2-4,7-8H2,1H3,(H,17,18). The van der Waals surface area contributed by atoms with E-state index >= 15 is 0 Å². The number of benzene rings is 1. The number of halogens is 1. The van der Waals surface area contributed by atoms with Crippen molar-refractivity contribution in [3.05, 3.63) is 22.2 Å². The number of aliphatic carboxylic acids is 1. The largest absolute Gasteiger partial charge is 0.503 e. The van der Waals surface area contributed by atoms with E-state index < -0.39 is 5.97 Å². The summed E-state index contributed by atoms with van der Waals surface area (Å²) in [6.45, 7) is 1.56. The minimum Gasteiger partial charge on any atom is -0.503 e. The molecule has 1 aromatic rings. The maximum Gasteiger partial charge on any atom is 0.304 e. The monoisotopic (exact) mass is 343 g/mol. The van der Waals surface area contributed by atoms with Crippen LogP contribution in [-0.2, 0) is 11.3 Å². The molecule has 1 aliphatic heterocycles. The molecule has 0 aliphatic carbocycles. The number of phenolic OH excluding ortho intramolecular Hbond substituents is 1. The molecule has 0 saturated carbocycles. The van der Waals surface area contributed by atoms with Crippen molar-refractivity contribution in [3.63, 3.8) is 0 Å². The van der Waals surface area contributed by atoms with Crippen LogP contribution in [0.1, 0.15) is 24.8 Å². The van der Waals surface area contributed by atoms with Crippen LogP contribution in [0.15, 0.2) is 16.6 Å². The predicted molar refractivity (Wildman–Crippen MR) is 78.0 cm³/mol. The second-order valence-electron chi connectivity index (χ2n) is 4.99. The number of hydrogen-bond acceptors (Lipinski definition) is 4. The summed E-state index contributed by atoms with van der Waals surface area (Å²) in [4.78, 5) is 13.0. The summed E-state index contributed by atoms with van der Waals surface area (Å²) in [5, 5.41) is 18.7. The Morgan fingerprint density at radius 3 is 2.95 bits per heavy atom. The van der Waals surface area contributed by atoms with Crippen molar-refractivity contribution in [3.8, 4) is 11.5 Å². The zero-order valence-corrected chi connectivity index (χ0v) is 12.9. The van der Waals surface area contributed by atoms with Crippen LogP contribution in [0.4, 0.5) is 0 Å². The van der Waals surface area contributed by atoms with Crippen LogP contribution >= 0.6 is 15.9 Å². The van der Waals surface area contributed by atoms with Crippen LogP contribution < -0.4 is 4.74 Å². The summed E-state index contributed by atoms with van der Waals surface area (Å²) in [7, 11) is 1.51. The second kappa shape index (κ2) is 6.45. The molecule has 0 bridgehead atoms. The number of methoxy groups -OCH3 is 1. The summed E-state index contributed by atoms with van der Waals surface area (Å²) in [6.07, 6.45) is 2.12. The lowest BCUT2D eigenvalue weighted by Crippen LogP contribution is -2.30. The van der Waals surface area contributed by atoms with E-state index in [1.807, 2.05) is 6.07 Å². The molecule has 1 unspecified atom stereocenters. The van der Waals surface area contributed by atoms with Gasteiger partial charge >= 0.3 is 5.97 Å². The lowest BCUT2D eigenvalue weighted by Gasteiger charge is -2.23. The van der Waals surface area contributed by atoms with Gasteiger partial charge in [0.1, 0.15) is 0 Å². The second-order valence-corrected chi connectivity index (χ2v) is 5.85. The van der Waals surface area contributed by atoms with Crippen molar-refractivity contribution in [1.29, 1.82) is 0 Å². The zero-order valence-electron chi connectivity index (χ0n) is 11.3. The van der Waals surface area contributed by atoms with E-state index in [2.05, 4.69) is 20.8 Å². The Balaban J connectivity index is 2.13.